The van der Waals surface area contributed by atoms with Crippen molar-refractivity contribution in [2.24, 2.45) is 0 Å². The molecule has 8 nitrogen and oxygen atoms in total. The number of aliphatic carboxylic acids is 1. The average molecular weight is 287 g/mol. The predicted molar refractivity (Wildman–Crippen MR) is 66.6 cm³/mol. The molecule has 0 aromatic carbocycles. The molecule has 1 amide bonds. The summed E-state index contributed by atoms with van der Waals surface area (Å²) < 4.78 is 9.37. The summed E-state index contributed by atoms with van der Waals surface area (Å²) in [7, 11) is 0. The Hall–Kier alpha value is -2.38. The maximum atomic E-state index is 11.3. The molecular formula is C12H17NO7. The number of carboxylic acids is 1. The lowest BCUT2D eigenvalue weighted by Crippen LogP contribution is -2.36. The number of rotatable bonds is 6. The Morgan fingerprint density at radius 1 is 1.15 bits per heavy atom. The van der Waals surface area contributed by atoms with Crippen molar-refractivity contribution in [3.63, 3.8) is 0 Å². The zero-order chi connectivity index (χ0) is 15.8. The molecule has 0 saturated carbocycles. The fourth-order valence-electron chi connectivity index (χ4n) is 0.923. The van der Waals surface area contributed by atoms with Gasteiger partial charge in [-0.15, -0.1) is 0 Å². The molecule has 0 saturated heterocycles. The second kappa shape index (κ2) is 7.93. The summed E-state index contributed by atoms with van der Waals surface area (Å²) in [6, 6.07) is 0. The van der Waals surface area contributed by atoms with E-state index in [1.807, 2.05) is 0 Å². The van der Waals surface area contributed by atoms with E-state index in [1.54, 1.807) is 20.8 Å². The van der Waals surface area contributed by atoms with Crippen molar-refractivity contribution in [3.05, 3.63) is 12.2 Å². The number of amides is 1. The first-order valence-corrected chi connectivity index (χ1v) is 5.66. The molecule has 0 heterocycles. The third-order valence-electron chi connectivity index (χ3n) is 1.56. The van der Waals surface area contributed by atoms with Crippen LogP contribution in [0.4, 0.5) is 0 Å². The quantitative estimate of drug-likeness (QED) is 0.505. The smallest absolute Gasteiger partial charge is 0.331 e. The number of ether oxygens (including phenoxy) is 2. The first-order chi connectivity index (χ1) is 9.10. The molecule has 20 heavy (non-hydrogen) atoms. The van der Waals surface area contributed by atoms with Crippen molar-refractivity contribution >= 4 is 23.8 Å². The number of hydrogen-bond acceptors (Lipinski definition) is 6. The predicted octanol–water partition coefficient (Wildman–Crippen LogP) is -0.372. The van der Waals surface area contributed by atoms with Gasteiger partial charge >= 0.3 is 17.9 Å². The van der Waals surface area contributed by atoms with Gasteiger partial charge in [-0.25, -0.2) is 9.59 Å². The van der Waals surface area contributed by atoms with Crippen molar-refractivity contribution < 1.29 is 33.8 Å². The number of esters is 2. The van der Waals surface area contributed by atoms with Gasteiger partial charge in [0.15, 0.2) is 6.61 Å². The van der Waals surface area contributed by atoms with E-state index in [0.29, 0.717) is 12.2 Å². The first-order valence-electron chi connectivity index (χ1n) is 5.66. The second-order valence-corrected chi connectivity index (χ2v) is 4.64. The Morgan fingerprint density at radius 3 is 2.25 bits per heavy atom. The molecule has 0 spiro atoms. The molecule has 112 valence electrons. The minimum absolute atomic E-state index is 0.349. The van der Waals surface area contributed by atoms with Gasteiger partial charge in [-0.05, 0) is 20.8 Å². The summed E-state index contributed by atoms with van der Waals surface area (Å²) in [4.78, 5) is 43.5. The van der Waals surface area contributed by atoms with E-state index in [4.69, 9.17) is 9.84 Å². The van der Waals surface area contributed by atoms with Gasteiger partial charge in [-0.2, -0.15) is 0 Å². The van der Waals surface area contributed by atoms with Crippen molar-refractivity contribution in [3.8, 4) is 0 Å². The highest BCUT2D eigenvalue weighted by Gasteiger charge is 2.16. The third-order valence-corrected chi connectivity index (χ3v) is 1.56. The normalized spacial score (nSPS) is 10.9. The largest absolute Gasteiger partial charge is 0.478 e. The molecule has 0 aliphatic rings. The highest BCUT2D eigenvalue weighted by molar-refractivity contribution is 5.92. The van der Waals surface area contributed by atoms with Crippen LogP contribution in [0.25, 0.3) is 0 Å². The van der Waals surface area contributed by atoms with E-state index in [0.717, 1.165) is 0 Å². The van der Waals surface area contributed by atoms with Crippen LogP contribution < -0.4 is 5.32 Å². The van der Waals surface area contributed by atoms with E-state index in [9.17, 15) is 19.2 Å². The average Bonchev–Trinajstić information content (AvgIpc) is 2.29. The number of carboxylic acid groups (broad SMARTS) is 1. The molecule has 8 heteroatoms. The Bertz CT molecular complexity index is 420. The Labute approximate surface area is 115 Å². The molecule has 0 radical (unpaired) electrons. The highest BCUT2D eigenvalue weighted by Crippen LogP contribution is 2.06. The molecular weight excluding hydrogens is 270 g/mol. The molecule has 0 fully saturated rings. The number of carbonyl (C=O) groups excluding carboxylic acids is 3. The highest BCUT2D eigenvalue weighted by atomic mass is 16.6. The van der Waals surface area contributed by atoms with Gasteiger partial charge in [0.2, 0.25) is 0 Å². The molecule has 0 aliphatic heterocycles. The minimum Gasteiger partial charge on any atom is -0.478 e. The lowest BCUT2D eigenvalue weighted by molar-refractivity contribution is -0.155. The van der Waals surface area contributed by atoms with Crippen LogP contribution in [0, 0.1) is 0 Å². The molecule has 0 rings (SSSR count). The summed E-state index contributed by atoms with van der Waals surface area (Å²) in [6.07, 6.45) is 1.25. The standard InChI is InChI=1S/C12H17NO7/c1-12(2,3)20-11(18)6-13-8(14)7-19-10(17)5-4-9(15)16/h4-5H,6-7H2,1-3H3,(H,13,14)(H,15,16)/b5-4+. The van der Waals surface area contributed by atoms with Crippen LogP contribution in [-0.4, -0.2) is 47.7 Å². The molecule has 0 bridgehead atoms. The van der Waals surface area contributed by atoms with Crippen LogP contribution in [0.1, 0.15) is 20.8 Å². The van der Waals surface area contributed by atoms with E-state index >= 15 is 0 Å². The number of hydrogen-bond donors (Lipinski definition) is 2. The van der Waals surface area contributed by atoms with Gasteiger partial charge in [0, 0.05) is 12.2 Å². The number of nitrogens with one attached hydrogen (secondary N) is 1. The number of carbonyl (C=O) groups is 4. The van der Waals surface area contributed by atoms with E-state index in [2.05, 4.69) is 10.1 Å². The Balaban J connectivity index is 3.93. The van der Waals surface area contributed by atoms with Crippen LogP contribution in [0.3, 0.4) is 0 Å². The minimum atomic E-state index is -1.31. The maximum Gasteiger partial charge on any atom is 0.331 e. The van der Waals surface area contributed by atoms with Crippen LogP contribution in [0.15, 0.2) is 12.2 Å². The molecule has 0 atom stereocenters. The summed E-state index contributed by atoms with van der Waals surface area (Å²) in [6.45, 7) is 4.08. The van der Waals surface area contributed by atoms with Crippen LogP contribution in [0.5, 0.6) is 0 Å². The van der Waals surface area contributed by atoms with Gasteiger partial charge in [-0.1, -0.05) is 0 Å². The van der Waals surface area contributed by atoms with Crippen LogP contribution in [0.2, 0.25) is 0 Å². The second-order valence-electron chi connectivity index (χ2n) is 4.64. The molecule has 0 aliphatic carbocycles. The summed E-state index contributed by atoms with van der Waals surface area (Å²) >= 11 is 0. The summed E-state index contributed by atoms with van der Waals surface area (Å²) in [5, 5.41) is 10.4. The zero-order valence-electron chi connectivity index (χ0n) is 11.5. The van der Waals surface area contributed by atoms with Crippen molar-refractivity contribution in [1.29, 1.82) is 0 Å². The van der Waals surface area contributed by atoms with Crippen molar-refractivity contribution in [2.45, 2.75) is 26.4 Å². The van der Waals surface area contributed by atoms with E-state index in [1.165, 1.54) is 0 Å². The van der Waals surface area contributed by atoms with Gasteiger partial charge < -0.3 is 19.9 Å². The van der Waals surface area contributed by atoms with Crippen molar-refractivity contribution in [1.82, 2.24) is 5.32 Å². The van der Waals surface area contributed by atoms with E-state index in [-0.39, 0.29) is 6.54 Å². The molecule has 2 N–H and O–H groups in total. The lowest BCUT2D eigenvalue weighted by Gasteiger charge is -2.19. The third kappa shape index (κ3) is 10.8. The van der Waals surface area contributed by atoms with Gasteiger partial charge in [0.05, 0.1) is 0 Å². The fourth-order valence-corrected chi connectivity index (χ4v) is 0.923. The Morgan fingerprint density at radius 2 is 1.75 bits per heavy atom. The molecule has 0 aromatic rings. The summed E-state index contributed by atoms with van der Waals surface area (Å²) in [5.74, 6) is -3.60. The van der Waals surface area contributed by atoms with Crippen molar-refractivity contribution in [2.75, 3.05) is 13.2 Å². The SMILES string of the molecule is CC(C)(C)OC(=O)CNC(=O)COC(=O)/C=C/C(=O)O. The van der Waals surface area contributed by atoms with Crippen LogP contribution >= 0.6 is 0 Å². The molecule has 0 aromatic heterocycles. The van der Waals surface area contributed by atoms with E-state index < -0.39 is 36.0 Å². The first kappa shape index (κ1) is 17.6. The van der Waals surface area contributed by atoms with Gasteiger partial charge in [0.1, 0.15) is 12.1 Å². The van der Waals surface area contributed by atoms with Crippen LogP contribution in [-0.2, 0) is 28.7 Å². The maximum absolute atomic E-state index is 11.3. The topological polar surface area (TPSA) is 119 Å². The lowest BCUT2D eigenvalue weighted by atomic mass is 10.2. The fraction of sp³-hybridized carbons (Fsp3) is 0.500. The zero-order valence-corrected chi connectivity index (χ0v) is 11.5. The Kier molecular flexibility index (Phi) is 6.98. The van der Waals surface area contributed by atoms with Gasteiger partial charge in [-0.3, -0.25) is 9.59 Å². The van der Waals surface area contributed by atoms with Gasteiger partial charge in [0.25, 0.3) is 5.91 Å². The summed E-state index contributed by atoms with van der Waals surface area (Å²) in [5.41, 5.74) is -0.657. The molecule has 0 unspecified atom stereocenters. The monoisotopic (exact) mass is 287 g/mol.